The Labute approximate surface area is 182 Å². The Morgan fingerprint density at radius 2 is 1.65 bits per heavy atom. The fourth-order valence-electron chi connectivity index (χ4n) is 4.41. The SMILES string of the molecule is COc1ccc(S(=O)(=O)N2CCC3(CC2)CN(C(=O)CCc2ccc(F)cc2)C3)cc1. The van der Waals surface area contributed by atoms with Crippen LogP contribution in [-0.2, 0) is 21.2 Å². The summed E-state index contributed by atoms with van der Waals surface area (Å²) in [6.07, 6.45) is 2.50. The van der Waals surface area contributed by atoms with E-state index < -0.39 is 10.0 Å². The van der Waals surface area contributed by atoms with E-state index >= 15 is 0 Å². The zero-order valence-corrected chi connectivity index (χ0v) is 18.4. The molecular formula is C23H27FN2O4S. The van der Waals surface area contributed by atoms with Gasteiger partial charge in [0.05, 0.1) is 12.0 Å². The zero-order valence-electron chi connectivity index (χ0n) is 17.6. The number of aryl methyl sites for hydroxylation is 1. The topological polar surface area (TPSA) is 66.9 Å². The van der Waals surface area contributed by atoms with Crippen molar-refractivity contribution in [1.82, 2.24) is 9.21 Å². The van der Waals surface area contributed by atoms with E-state index in [0.717, 1.165) is 18.4 Å². The molecule has 0 aliphatic carbocycles. The lowest BCUT2D eigenvalue weighted by molar-refractivity contribution is -0.145. The van der Waals surface area contributed by atoms with Crippen LogP contribution in [0.4, 0.5) is 4.39 Å². The number of hydrogen-bond acceptors (Lipinski definition) is 4. The number of piperidine rings is 1. The van der Waals surface area contributed by atoms with Gasteiger partial charge in [0.15, 0.2) is 0 Å². The molecule has 1 spiro atoms. The number of benzene rings is 2. The second-order valence-electron chi connectivity index (χ2n) is 8.46. The van der Waals surface area contributed by atoms with Crippen LogP contribution in [-0.4, -0.2) is 56.8 Å². The molecule has 6 nitrogen and oxygen atoms in total. The summed E-state index contributed by atoms with van der Waals surface area (Å²) in [6.45, 7) is 2.30. The Kier molecular flexibility index (Phi) is 6.03. The summed E-state index contributed by atoms with van der Waals surface area (Å²) in [7, 11) is -1.98. The smallest absolute Gasteiger partial charge is 0.243 e. The van der Waals surface area contributed by atoms with Crippen molar-refractivity contribution in [3.8, 4) is 5.75 Å². The quantitative estimate of drug-likeness (QED) is 0.684. The standard InChI is InChI=1S/C23H27FN2O4S/c1-30-20-7-9-21(10-8-20)31(28,29)26-14-12-23(13-15-26)16-25(17-23)22(27)11-4-18-2-5-19(24)6-3-18/h2-3,5-10H,4,11-17H2,1H3. The van der Waals surface area contributed by atoms with E-state index in [-0.39, 0.29) is 22.0 Å². The number of ether oxygens (including phenoxy) is 1. The van der Waals surface area contributed by atoms with Crippen LogP contribution in [0.25, 0.3) is 0 Å². The average Bonchev–Trinajstić information content (AvgIpc) is 2.77. The first kappa shape index (κ1) is 21.8. The highest BCUT2D eigenvalue weighted by atomic mass is 32.2. The van der Waals surface area contributed by atoms with Crippen molar-refractivity contribution < 1.29 is 22.3 Å². The third-order valence-corrected chi connectivity index (χ3v) is 8.34. The van der Waals surface area contributed by atoms with E-state index in [4.69, 9.17) is 4.74 Å². The van der Waals surface area contributed by atoms with Gasteiger partial charge in [-0.1, -0.05) is 12.1 Å². The molecule has 0 bridgehead atoms. The van der Waals surface area contributed by atoms with Gasteiger partial charge in [0, 0.05) is 38.0 Å². The maximum atomic E-state index is 13.0. The highest BCUT2D eigenvalue weighted by Crippen LogP contribution is 2.41. The van der Waals surface area contributed by atoms with Crippen molar-refractivity contribution in [2.75, 3.05) is 33.3 Å². The molecule has 4 rings (SSSR count). The Morgan fingerprint density at radius 1 is 1.03 bits per heavy atom. The van der Waals surface area contributed by atoms with Gasteiger partial charge in [0.25, 0.3) is 0 Å². The monoisotopic (exact) mass is 446 g/mol. The molecule has 0 radical (unpaired) electrons. The van der Waals surface area contributed by atoms with Crippen LogP contribution >= 0.6 is 0 Å². The lowest BCUT2D eigenvalue weighted by Gasteiger charge is -2.53. The van der Waals surface area contributed by atoms with Crippen molar-refractivity contribution in [2.24, 2.45) is 5.41 Å². The van der Waals surface area contributed by atoms with Gasteiger partial charge >= 0.3 is 0 Å². The normalized spacial score (nSPS) is 18.6. The predicted octanol–water partition coefficient (Wildman–Crippen LogP) is 3.08. The molecule has 0 atom stereocenters. The third kappa shape index (κ3) is 4.60. The van der Waals surface area contributed by atoms with E-state index in [1.165, 1.54) is 12.1 Å². The summed E-state index contributed by atoms with van der Waals surface area (Å²) in [4.78, 5) is 14.6. The molecule has 2 aliphatic rings. The molecule has 0 saturated carbocycles. The van der Waals surface area contributed by atoms with Crippen LogP contribution in [0.5, 0.6) is 5.75 Å². The van der Waals surface area contributed by atoms with Crippen molar-refractivity contribution in [2.45, 2.75) is 30.6 Å². The molecule has 2 aromatic rings. The number of sulfonamides is 1. The average molecular weight is 447 g/mol. The number of carbonyl (C=O) groups is 1. The van der Waals surface area contributed by atoms with Gasteiger partial charge in [-0.3, -0.25) is 4.79 Å². The molecular weight excluding hydrogens is 419 g/mol. The highest BCUT2D eigenvalue weighted by molar-refractivity contribution is 7.89. The van der Waals surface area contributed by atoms with Crippen molar-refractivity contribution >= 4 is 15.9 Å². The number of hydrogen-bond donors (Lipinski definition) is 0. The molecule has 8 heteroatoms. The lowest BCUT2D eigenvalue weighted by Crippen LogP contribution is -2.62. The number of methoxy groups -OCH3 is 1. The summed E-state index contributed by atoms with van der Waals surface area (Å²) in [6, 6.07) is 12.7. The van der Waals surface area contributed by atoms with E-state index in [1.54, 1.807) is 47.8 Å². The predicted molar refractivity (Wildman–Crippen MR) is 115 cm³/mol. The van der Waals surface area contributed by atoms with Crippen molar-refractivity contribution in [3.05, 3.63) is 59.9 Å². The lowest BCUT2D eigenvalue weighted by atomic mass is 9.72. The summed E-state index contributed by atoms with van der Waals surface area (Å²) in [5.74, 6) is 0.443. The Balaban J connectivity index is 1.27. The van der Waals surface area contributed by atoms with Gasteiger partial charge < -0.3 is 9.64 Å². The van der Waals surface area contributed by atoms with Crippen LogP contribution in [0.2, 0.25) is 0 Å². The number of amides is 1. The number of likely N-dealkylation sites (tertiary alicyclic amines) is 1. The first-order chi connectivity index (χ1) is 14.8. The van der Waals surface area contributed by atoms with Crippen molar-refractivity contribution in [1.29, 1.82) is 0 Å². The molecule has 2 saturated heterocycles. The van der Waals surface area contributed by atoms with Gasteiger partial charge in [-0.25, -0.2) is 12.8 Å². The fourth-order valence-corrected chi connectivity index (χ4v) is 5.86. The molecule has 0 aromatic heterocycles. The molecule has 1 amide bonds. The highest BCUT2D eigenvalue weighted by Gasteiger charge is 2.47. The minimum absolute atomic E-state index is 0.0253. The van der Waals surface area contributed by atoms with Crippen LogP contribution in [0.15, 0.2) is 53.4 Å². The van der Waals surface area contributed by atoms with E-state index in [1.807, 2.05) is 4.90 Å². The van der Waals surface area contributed by atoms with E-state index in [2.05, 4.69) is 0 Å². The summed E-state index contributed by atoms with van der Waals surface area (Å²) in [5, 5.41) is 0. The largest absolute Gasteiger partial charge is 0.497 e. The first-order valence-electron chi connectivity index (χ1n) is 10.5. The van der Waals surface area contributed by atoms with Gasteiger partial charge in [0.2, 0.25) is 15.9 Å². The molecule has 2 aromatic carbocycles. The first-order valence-corrected chi connectivity index (χ1v) is 11.9. The number of rotatable bonds is 6. The Morgan fingerprint density at radius 3 is 2.23 bits per heavy atom. The number of halogens is 1. The maximum absolute atomic E-state index is 13.0. The van der Waals surface area contributed by atoms with E-state index in [9.17, 15) is 17.6 Å². The van der Waals surface area contributed by atoms with Gasteiger partial charge in [-0.15, -0.1) is 0 Å². The van der Waals surface area contributed by atoms with Crippen LogP contribution in [0.3, 0.4) is 0 Å². The molecule has 0 unspecified atom stereocenters. The molecule has 2 fully saturated rings. The van der Waals surface area contributed by atoms with Gasteiger partial charge in [-0.05, 0) is 61.2 Å². The minimum Gasteiger partial charge on any atom is -0.497 e. The summed E-state index contributed by atoms with van der Waals surface area (Å²) < 4.78 is 45.5. The van der Waals surface area contributed by atoms with Gasteiger partial charge in [0.1, 0.15) is 11.6 Å². The molecule has 166 valence electrons. The maximum Gasteiger partial charge on any atom is 0.243 e. The van der Waals surface area contributed by atoms with Crippen LogP contribution in [0.1, 0.15) is 24.8 Å². The zero-order chi connectivity index (χ0) is 22.1. The third-order valence-electron chi connectivity index (χ3n) is 6.43. The Bertz CT molecular complexity index is 1020. The second-order valence-corrected chi connectivity index (χ2v) is 10.4. The Hall–Kier alpha value is -2.45. The summed E-state index contributed by atoms with van der Waals surface area (Å²) >= 11 is 0. The molecule has 2 heterocycles. The van der Waals surface area contributed by atoms with Crippen molar-refractivity contribution in [3.63, 3.8) is 0 Å². The van der Waals surface area contributed by atoms with Crippen LogP contribution < -0.4 is 4.74 Å². The van der Waals surface area contributed by atoms with Crippen LogP contribution in [0, 0.1) is 11.2 Å². The number of carbonyl (C=O) groups excluding carboxylic acids is 1. The fraction of sp³-hybridized carbons (Fsp3) is 0.435. The summed E-state index contributed by atoms with van der Waals surface area (Å²) in [5.41, 5.74) is 0.972. The second kappa shape index (κ2) is 8.59. The number of nitrogens with zero attached hydrogens (tertiary/aromatic N) is 2. The minimum atomic E-state index is -3.52. The van der Waals surface area contributed by atoms with Gasteiger partial charge in [-0.2, -0.15) is 4.31 Å². The molecule has 2 aliphatic heterocycles. The van der Waals surface area contributed by atoms with E-state index in [0.29, 0.717) is 44.8 Å². The molecule has 31 heavy (non-hydrogen) atoms. The molecule has 0 N–H and O–H groups in total.